The highest BCUT2D eigenvalue weighted by atomic mass is 79.9. The molecule has 0 saturated carbocycles. The number of ether oxygens (including phenoxy) is 1. The Morgan fingerprint density at radius 2 is 2.11 bits per heavy atom. The molecule has 0 heterocycles. The van der Waals surface area contributed by atoms with Gasteiger partial charge in [0.1, 0.15) is 11.3 Å². The van der Waals surface area contributed by atoms with Crippen LogP contribution in [0.2, 0.25) is 0 Å². The Morgan fingerprint density at radius 1 is 1.47 bits per heavy atom. The van der Waals surface area contributed by atoms with Gasteiger partial charge in [0.05, 0.1) is 7.11 Å². The zero-order chi connectivity index (χ0) is 14.6. The molecule has 4 nitrogen and oxygen atoms in total. The Morgan fingerprint density at radius 3 is 2.58 bits per heavy atom. The van der Waals surface area contributed by atoms with Crippen molar-refractivity contribution >= 4 is 21.9 Å². The number of aliphatic carboxylic acids is 1. The molecule has 0 atom stereocenters. The number of hydrogen-bond donors (Lipinski definition) is 1. The van der Waals surface area contributed by atoms with Gasteiger partial charge in [0.2, 0.25) is 0 Å². The monoisotopic (exact) mass is 329 g/mol. The molecule has 0 spiro atoms. The van der Waals surface area contributed by atoms with Crippen LogP contribution in [0.15, 0.2) is 22.7 Å². The van der Waals surface area contributed by atoms with Gasteiger partial charge < -0.3 is 9.84 Å². The van der Waals surface area contributed by atoms with E-state index < -0.39 is 11.5 Å². The Labute approximate surface area is 122 Å². The number of carbonyl (C=O) groups is 1. The lowest BCUT2D eigenvalue weighted by Crippen LogP contribution is -2.49. The molecule has 0 amide bonds. The highest BCUT2D eigenvalue weighted by molar-refractivity contribution is 9.10. The molecule has 0 fully saturated rings. The Bertz CT molecular complexity index is 460. The summed E-state index contributed by atoms with van der Waals surface area (Å²) in [7, 11) is 1.62. The van der Waals surface area contributed by atoms with Gasteiger partial charge in [-0.15, -0.1) is 0 Å². The summed E-state index contributed by atoms with van der Waals surface area (Å²) in [6, 6.07) is 5.74. The molecule has 1 rings (SSSR count). The van der Waals surface area contributed by atoms with E-state index in [0.29, 0.717) is 13.1 Å². The summed E-state index contributed by atoms with van der Waals surface area (Å²) in [6.07, 6.45) is 0. The van der Waals surface area contributed by atoms with Crippen LogP contribution < -0.4 is 4.74 Å². The zero-order valence-electron chi connectivity index (χ0n) is 11.7. The minimum Gasteiger partial charge on any atom is -0.496 e. The van der Waals surface area contributed by atoms with Gasteiger partial charge in [0.15, 0.2) is 0 Å². The third-order valence-electron chi connectivity index (χ3n) is 3.30. The molecule has 0 aliphatic heterocycles. The fourth-order valence-electron chi connectivity index (χ4n) is 1.92. The Balaban J connectivity index is 3.05. The lowest BCUT2D eigenvalue weighted by atomic mass is 10.0. The SMILES string of the molecule is CCN(Cc1cc(Br)ccc1OC)C(C)(C)C(=O)O. The van der Waals surface area contributed by atoms with Crippen molar-refractivity contribution in [1.29, 1.82) is 0 Å². The van der Waals surface area contributed by atoms with Gasteiger partial charge in [0, 0.05) is 16.6 Å². The van der Waals surface area contributed by atoms with Crippen molar-refractivity contribution in [3.63, 3.8) is 0 Å². The predicted molar refractivity (Wildman–Crippen MR) is 78.5 cm³/mol. The molecule has 19 heavy (non-hydrogen) atoms. The molecule has 0 aliphatic rings. The largest absolute Gasteiger partial charge is 0.496 e. The molecular weight excluding hydrogens is 310 g/mol. The highest BCUT2D eigenvalue weighted by Gasteiger charge is 2.33. The molecule has 0 bridgehead atoms. The van der Waals surface area contributed by atoms with Crippen molar-refractivity contribution in [2.24, 2.45) is 0 Å². The summed E-state index contributed by atoms with van der Waals surface area (Å²) in [5.41, 5.74) is 0.0512. The number of rotatable bonds is 6. The van der Waals surface area contributed by atoms with E-state index in [1.165, 1.54) is 0 Å². The van der Waals surface area contributed by atoms with Gasteiger partial charge >= 0.3 is 5.97 Å². The van der Waals surface area contributed by atoms with Crippen LogP contribution in [0, 0.1) is 0 Å². The summed E-state index contributed by atoms with van der Waals surface area (Å²) in [4.78, 5) is 13.3. The normalized spacial score (nSPS) is 11.7. The van der Waals surface area contributed by atoms with Crippen molar-refractivity contribution in [2.45, 2.75) is 32.9 Å². The Hall–Kier alpha value is -1.07. The van der Waals surface area contributed by atoms with E-state index in [4.69, 9.17) is 4.74 Å². The lowest BCUT2D eigenvalue weighted by molar-refractivity contribution is -0.149. The fraction of sp³-hybridized carbons (Fsp3) is 0.500. The van der Waals surface area contributed by atoms with Gasteiger partial charge in [-0.1, -0.05) is 22.9 Å². The van der Waals surface area contributed by atoms with Gasteiger partial charge in [-0.3, -0.25) is 9.69 Å². The number of hydrogen-bond acceptors (Lipinski definition) is 3. The van der Waals surface area contributed by atoms with Gasteiger partial charge in [-0.05, 0) is 38.6 Å². The summed E-state index contributed by atoms with van der Waals surface area (Å²) in [6.45, 7) is 6.55. The lowest BCUT2D eigenvalue weighted by Gasteiger charge is -2.34. The fourth-order valence-corrected chi connectivity index (χ4v) is 2.32. The number of methoxy groups -OCH3 is 1. The number of likely N-dealkylation sites (N-methyl/N-ethyl adjacent to an activating group) is 1. The quantitative estimate of drug-likeness (QED) is 0.871. The van der Waals surface area contributed by atoms with Gasteiger partial charge in [-0.2, -0.15) is 0 Å². The highest BCUT2D eigenvalue weighted by Crippen LogP contribution is 2.27. The number of carboxylic acid groups (broad SMARTS) is 1. The van der Waals surface area contributed by atoms with Gasteiger partial charge in [-0.25, -0.2) is 0 Å². The smallest absolute Gasteiger partial charge is 0.323 e. The number of carboxylic acids is 1. The molecule has 106 valence electrons. The zero-order valence-corrected chi connectivity index (χ0v) is 13.3. The molecule has 1 N–H and O–H groups in total. The Kier molecular flexibility index (Phi) is 5.38. The average molecular weight is 330 g/mol. The molecular formula is C14H20BrNO3. The van der Waals surface area contributed by atoms with E-state index in [0.717, 1.165) is 15.8 Å². The molecule has 1 aromatic rings. The number of nitrogens with zero attached hydrogens (tertiary/aromatic N) is 1. The van der Waals surface area contributed by atoms with Crippen LogP contribution in [0.1, 0.15) is 26.3 Å². The van der Waals surface area contributed by atoms with Crippen molar-refractivity contribution in [2.75, 3.05) is 13.7 Å². The van der Waals surface area contributed by atoms with E-state index in [9.17, 15) is 9.90 Å². The van der Waals surface area contributed by atoms with Crippen LogP contribution in [-0.4, -0.2) is 35.2 Å². The minimum atomic E-state index is -0.915. The average Bonchev–Trinajstić information content (AvgIpc) is 2.35. The summed E-state index contributed by atoms with van der Waals surface area (Å²) < 4.78 is 6.28. The summed E-state index contributed by atoms with van der Waals surface area (Å²) in [5.74, 6) is -0.0637. The third kappa shape index (κ3) is 3.70. The standard InChI is InChI=1S/C14H20BrNO3/c1-5-16(14(2,3)13(17)18)9-10-8-11(15)6-7-12(10)19-4/h6-8H,5,9H2,1-4H3,(H,17,18). The van der Waals surface area contributed by atoms with E-state index in [-0.39, 0.29) is 0 Å². The van der Waals surface area contributed by atoms with Crippen LogP contribution in [0.5, 0.6) is 5.75 Å². The van der Waals surface area contributed by atoms with Crippen molar-refractivity contribution in [1.82, 2.24) is 4.90 Å². The van der Waals surface area contributed by atoms with Crippen LogP contribution >= 0.6 is 15.9 Å². The molecule has 0 aromatic heterocycles. The molecule has 1 aromatic carbocycles. The number of halogens is 1. The topological polar surface area (TPSA) is 49.8 Å². The van der Waals surface area contributed by atoms with E-state index in [2.05, 4.69) is 15.9 Å². The second-order valence-corrected chi connectivity index (χ2v) is 5.75. The molecule has 5 heteroatoms. The van der Waals surface area contributed by atoms with Crippen molar-refractivity contribution in [3.05, 3.63) is 28.2 Å². The second kappa shape index (κ2) is 6.39. The maximum atomic E-state index is 11.4. The van der Waals surface area contributed by atoms with E-state index >= 15 is 0 Å². The van der Waals surface area contributed by atoms with Crippen molar-refractivity contribution < 1.29 is 14.6 Å². The minimum absolute atomic E-state index is 0.526. The number of benzene rings is 1. The summed E-state index contributed by atoms with van der Waals surface area (Å²) >= 11 is 3.43. The summed E-state index contributed by atoms with van der Waals surface area (Å²) in [5, 5.41) is 9.32. The molecule has 0 aliphatic carbocycles. The van der Waals surface area contributed by atoms with Crippen LogP contribution in [0.3, 0.4) is 0 Å². The predicted octanol–water partition coefficient (Wildman–Crippen LogP) is 3.14. The van der Waals surface area contributed by atoms with Crippen LogP contribution in [0.25, 0.3) is 0 Å². The maximum Gasteiger partial charge on any atom is 0.323 e. The van der Waals surface area contributed by atoms with E-state index in [1.54, 1.807) is 21.0 Å². The van der Waals surface area contributed by atoms with Crippen LogP contribution in [0.4, 0.5) is 0 Å². The van der Waals surface area contributed by atoms with Crippen LogP contribution in [-0.2, 0) is 11.3 Å². The molecule has 0 radical (unpaired) electrons. The molecule has 0 unspecified atom stereocenters. The first-order valence-corrected chi connectivity index (χ1v) is 6.93. The first-order chi connectivity index (χ1) is 8.82. The van der Waals surface area contributed by atoms with Crippen molar-refractivity contribution in [3.8, 4) is 5.75 Å². The maximum absolute atomic E-state index is 11.4. The van der Waals surface area contributed by atoms with E-state index in [1.807, 2.05) is 30.0 Å². The van der Waals surface area contributed by atoms with Gasteiger partial charge in [0.25, 0.3) is 0 Å². The molecule has 0 saturated heterocycles. The third-order valence-corrected chi connectivity index (χ3v) is 3.79. The second-order valence-electron chi connectivity index (χ2n) is 4.83. The first-order valence-electron chi connectivity index (χ1n) is 6.13. The first kappa shape index (κ1) is 16.0.